The predicted molar refractivity (Wildman–Crippen MR) is 121 cm³/mol. The van der Waals surface area contributed by atoms with Crippen molar-refractivity contribution >= 4 is 28.3 Å². The minimum absolute atomic E-state index is 0.0411. The lowest BCUT2D eigenvalue weighted by atomic mass is 10.1. The Balaban J connectivity index is 1.69. The number of rotatable bonds is 9. The van der Waals surface area contributed by atoms with E-state index in [4.69, 9.17) is 4.42 Å². The number of amides is 1. The van der Waals surface area contributed by atoms with Crippen LogP contribution in [0.25, 0.3) is 11.0 Å². The third-order valence-corrected chi connectivity index (χ3v) is 5.14. The smallest absolute Gasteiger partial charge is 0.224 e. The van der Waals surface area contributed by atoms with Crippen LogP contribution in [-0.2, 0) is 17.8 Å². The number of benzene rings is 1. The summed E-state index contributed by atoms with van der Waals surface area (Å²) in [5, 5.41) is 12.4. The summed E-state index contributed by atoms with van der Waals surface area (Å²) in [4.78, 5) is 16.2. The van der Waals surface area contributed by atoms with E-state index in [1.54, 1.807) is 6.20 Å². The van der Waals surface area contributed by atoms with Crippen LogP contribution in [0.2, 0.25) is 0 Å². The predicted octanol–water partition coefficient (Wildman–Crippen LogP) is 4.01. The van der Waals surface area contributed by atoms with Crippen molar-refractivity contribution in [2.75, 3.05) is 37.9 Å². The molecule has 0 unspecified atom stereocenters. The van der Waals surface area contributed by atoms with Crippen LogP contribution in [0.15, 0.2) is 34.9 Å². The van der Waals surface area contributed by atoms with Crippen molar-refractivity contribution in [3.05, 3.63) is 47.5 Å². The minimum atomic E-state index is 0.0411. The Kier molecular flexibility index (Phi) is 7.05. The van der Waals surface area contributed by atoms with Gasteiger partial charge in [-0.15, -0.1) is 0 Å². The van der Waals surface area contributed by atoms with E-state index in [0.29, 0.717) is 6.42 Å². The quantitative estimate of drug-likeness (QED) is 0.576. The molecule has 0 radical (unpaired) electrons. The molecule has 0 aliphatic heterocycles. The van der Waals surface area contributed by atoms with Gasteiger partial charge in [0.05, 0.1) is 17.6 Å². The zero-order valence-electron chi connectivity index (χ0n) is 18.5. The molecular weight excluding hydrogens is 378 g/mol. The number of nitrogens with zero attached hydrogens (tertiary/aromatic N) is 4. The third kappa shape index (κ3) is 5.36. The van der Waals surface area contributed by atoms with Gasteiger partial charge in [-0.3, -0.25) is 4.79 Å². The number of fused-ring (bicyclic) bond motifs is 1. The van der Waals surface area contributed by atoms with Gasteiger partial charge in [-0.05, 0) is 51.1 Å². The number of carbonyl (C=O) groups is 1. The molecule has 30 heavy (non-hydrogen) atoms. The molecule has 0 spiro atoms. The first-order valence-electron chi connectivity index (χ1n) is 10.4. The first kappa shape index (κ1) is 21.8. The highest BCUT2D eigenvalue weighted by Gasteiger charge is 2.14. The first-order valence-corrected chi connectivity index (χ1v) is 10.4. The standard InChI is InChI=1S/C23H31N5O2/c1-6-7-23(29)25-17-8-9-22-21(13-17)20(16(2)30-22)10-11-28(5)15-18-12-19(27(3)4)14-24-26-18/h8-9,12-14H,6-7,10-11,15H2,1-5H3,(H,25,29). The second-order valence-corrected chi connectivity index (χ2v) is 7.93. The molecule has 1 aromatic carbocycles. The number of anilines is 2. The van der Waals surface area contributed by atoms with E-state index in [9.17, 15) is 4.79 Å². The fraction of sp³-hybridized carbons (Fsp3) is 0.435. The van der Waals surface area contributed by atoms with Crippen LogP contribution in [0.4, 0.5) is 11.4 Å². The maximum absolute atomic E-state index is 11.9. The Labute approximate surface area is 178 Å². The molecular formula is C23H31N5O2. The molecule has 0 fully saturated rings. The first-order chi connectivity index (χ1) is 14.4. The molecule has 160 valence electrons. The van der Waals surface area contributed by atoms with Gasteiger partial charge >= 0.3 is 0 Å². The number of nitrogens with one attached hydrogen (secondary N) is 1. The second-order valence-electron chi connectivity index (χ2n) is 7.93. The van der Waals surface area contributed by atoms with Crippen LogP contribution in [0.3, 0.4) is 0 Å². The van der Waals surface area contributed by atoms with E-state index < -0.39 is 0 Å². The molecule has 7 heteroatoms. The normalized spacial score (nSPS) is 11.3. The van der Waals surface area contributed by atoms with Crippen molar-refractivity contribution < 1.29 is 9.21 Å². The summed E-state index contributed by atoms with van der Waals surface area (Å²) in [5.74, 6) is 0.962. The summed E-state index contributed by atoms with van der Waals surface area (Å²) in [6.45, 7) is 5.58. The molecule has 0 bridgehead atoms. The SMILES string of the molecule is CCCC(=O)Nc1ccc2oc(C)c(CCN(C)Cc3cc(N(C)C)cnn3)c2c1. The fourth-order valence-corrected chi connectivity index (χ4v) is 3.49. The lowest BCUT2D eigenvalue weighted by molar-refractivity contribution is -0.116. The van der Waals surface area contributed by atoms with Gasteiger partial charge in [-0.2, -0.15) is 10.2 Å². The highest BCUT2D eigenvalue weighted by atomic mass is 16.3. The molecule has 1 N–H and O–H groups in total. The maximum Gasteiger partial charge on any atom is 0.224 e. The number of aromatic nitrogens is 2. The molecule has 0 aliphatic carbocycles. The molecule has 3 rings (SSSR count). The average molecular weight is 410 g/mol. The summed E-state index contributed by atoms with van der Waals surface area (Å²) in [6, 6.07) is 7.90. The van der Waals surface area contributed by atoms with Gasteiger partial charge in [0, 0.05) is 50.2 Å². The Morgan fingerprint density at radius 3 is 2.73 bits per heavy atom. The summed E-state index contributed by atoms with van der Waals surface area (Å²) >= 11 is 0. The van der Waals surface area contributed by atoms with Gasteiger partial charge in [-0.1, -0.05) is 6.92 Å². The number of furan rings is 1. The van der Waals surface area contributed by atoms with Gasteiger partial charge in [0.2, 0.25) is 5.91 Å². The largest absolute Gasteiger partial charge is 0.461 e. The fourth-order valence-electron chi connectivity index (χ4n) is 3.49. The van der Waals surface area contributed by atoms with Crippen molar-refractivity contribution in [3.63, 3.8) is 0 Å². The van der Waals surface area contributed by atoms with Crippen LogP contribution >= 0.6 is 0 Å². The van der Waals surface area contributed by atoms with Gasteiger partial charge in [0.25, 0.3) is 0 Å². The molecule has 2 aromatic heterocycles. The zero-order valence-corrected chi connectivity index (χ0v) is 18.5. The van der Waals surface area contributed by atoms with Crippen molar-refractivity contribution in [2.24, 2.45) is 0 Å². The van der Waals surface area contributed by atoms with Gasteiger partial charge in [0.15, 0.2) is 0 Å². The summed E-state index contributed by atoms with van der Waals surface area (Å²) in [6.07, 6.45) is 3.97. The van der Waals surface area contributed by atoms with Crippen LogP contribution in [-0.4, -0.2) is 48.7 Å². The molecule has 7 nitrogen and oxygen atoms in total. The molecule has 0 saturated heterocycles. The van der Waals surface area contributed by atoms with Gasteiger partial charge in [0.1, 0.15) is 11.3 Å². The van der Waals surface area contributed by atoms with Crippen molar-refractivity contribution in [1.29, 1.82) is 0 Å². The third-order valence-electron chi connectivity index (χ3n) is 5.14. The summed E-state index contributed by atoms with van der Waals surface area (Å²) in [7, 11) is 6.07. The number of carbonyl (C=O) groups excluding carboxylic acids is 1. The molecule has 0 aliphatic rings. The van der Waals surface area contributed by atoms with Crippen molar-refractivity contribution in [3.8, 4) is 0 Å². The van der Waals surface area contributed by atoms with E-state index in [1.807, 2.05) is 51.0 Å². The zero-order chi connectivity index (χ0) is 21.7. The average Bonchev–Trinajstić information content (AvgIpc) is 3.01. The Morgan fingerprint density at radius 1 is 1.20 bits per heavy atom. The Hall–Kier alpha value is -2.93. The van der Waals surface area contributed by atoms with Gasteiger partial charge < -0.3 is 19.5 Å². The highest BCUT2D eigenvalue weighted by Crippen LogP contribution is 2.29. The Bertz CT molecular complexity index is 1010. The summed E-state index contributed by atoms with van der Waals surface area (Å²) < 4.78 is 5.94. The van der Waals surface area contributed by atoms with E-state index in [-0.39, 0.29) is 5.91 Å². The van der Waals surface area contributed by atoms with E-state index in [1.165, 1.54) is 5.56 Å². The lowest BCUT2D eigenvalue weighted by Gasteiger charge is -2.17. The van der Waals surface area contributed by atoms with Crippen molar-refractivity contribution in [2.45, 2.75) is 39.7 Å². The maximum atomic E-state index is 11.9. The molecule has 1 amide bonds. The van der Waals surface area contributed by atoms with Crippen molar-refractivity contribution in [1.82, 2.24) is 15.1 Å². The summed E-state index contributed by atoms with van der Waals surface area (Å²) in [5.41, 5.74) is 4.83. The van der Waals surface area contributed by atoms with Crippen LogP contribution < -0.4 is 10.2 Å². The molecule has 3 aromatic rings. The van der Waals surface area contributed by atoms with E-state index in [2.05, 4.69) is 33.5 Å². The van der Waals surface area contributed by atoms with E-state index in [0.717, 1.165) is 59.7 Å². The topological polar surface area (TPSA) is 74.5 Å². The monoisotopic (exact) mass is 409 g/mol. The van der Waals surface area contributed by atoms with Crippen LogP contribution in [0.5, 0.6) is 0 Å². The molecule has 2 heterocycles. The van der Waals surface area contributed by atoms with Crippen LogP contribution in [0.1, 0.15) is 36.8 Å². The lowest BCUT2D eigenvalue weighted by Crippen LogP contribution is -2.22. The van der Waals surface area contributed by atoms with Crippen LogP contribution in [0, 0.1) is 6.92 Å². The Morgan fingerprint density at radius 2 is 2.00 bits per heavy atom. The minimum Gasteiger partial charge on any atom is -0.461 e. The second kappa shape index (κ2) is 9.71. The number of likely N-dealkylation sites (N-methyl/N-ethyl adjacent to an activating group) is 1. The number of aryl methyl sites for hydroxylation is 1. The number of hydrogen-bond donors (Lipinski definition) is 1. The molecule has 0 atom stereocenters. The van der Waals surface area contributed by atoms with E-state index >= 15 is 0 Å². The highest BCUT2D eigenvalue weighted by molar-refractivity contribution is 5.94. The molecule has 0 saturated carbocycles. The van der Waals surface area contributed by atoms with Gasteiger partial charge in [-0.25, -0.2) is 0 Å². The number of hydrogen-bond acceptors (Lipinski definition) is 6.